The van der Waals surface area contributed by atoms with Crippen molar-refractivity contribution in [2.75, 3.05) is 13.7 Å². The molecule has 1 aliphatic rings. The van der Waals surface area contributed by atoms with Crippen LogP contribution in [0.2, 0.25) is 0 Å². The van der Waals surface area contributed by atoms with Crippen LogP contribution in [0.25, 0.3) is 0 Å². The SMILES string of the molecule is COc1cncc(CN2CCc3cc(C(=O)O)sc3C2)c1C. The third-order valence-electron chi connectivity index (χ3n) is 4.06. The number of fused-ring (bicyclic) bond motifs is 1. The Morgan fingerprint density at radius 3 is 3.05 bits per heavy atom. The molecule has 3 rings (SSSR count). The molecule has 0 fully saturated rings. The maximum absolute atomic E-state index is 11.1. The van der Waals surface area contributed by atoms with E-state index >= 15 is 0 Å². The molecule has 6 heteroatoms. The van der Waals surface area contributed by atoms with E-state index in [2.05, 4.69) is 9.88 Å². The number of aromatic nitrogens is 1. The highest BCUT2D eigenvalue weighted by atomic mass is 32.1. The number of rotatable bonds is 4. The number of methoxy groups -OCH3 is 1. The summed E-state index contributed by atoms with van der Waals surface area (Å²) in [5, 5.41) is 9.10. The van der Waals surface area contributed by atoms with Crippen LogP contribution in [0.5, 0.6) is 5.75 Å². The van der Waals surface area contributed by atoms with Gasteiger partial charge in [0.05, 0.1) is 13.3 Å². The zero-order valence-electron chi connectivity index (χ0n) is 12.6. The van der Waals surface area contributed by atoms with Crippen LogP contribution in [0.15, 0.2) is 18.5 Å². The number of carboxylic acids is 1. The van der Waals surface area contributed by atoms with Crippen molar-refractivity contribution >= 4 is 17.3 Å². The van der Waals surface area contributed by atoms with E-state index in [1.54, 1.807) is 13.3 Å². The van der Waals surface area contributed by atoms with E-state index in [0.29, 0.717) is 4.88 Å². The molecule has 116 valence electrons. The summed E-state index contributed by atoms with van der Waals surface area (Å²) in [5.41, 5.74) is 3.44. The first kappa shape index (κ1) is 15.0. The lowest BCUT2D eigenvalue weighted by Gasteiger charge is -2.27. The maximum Gasteiger partial charge on any atom is 0.345 e. The number of hydrogen-bond acceptors (Lipinski definition) is 5. The highest BCUT2D eigenvalue weighted by Crippen LogP contribution is 2.30. The Morgan fingerprint density at radius 1 is 1.50 bits per heavy atom. The molecule has 1 N–H and O–H groups in total. The van der Waals surface area contributed by atoms with Crippen LogP contribution in [0.1, 0.15) is 31.2 Å². The third kappa shape index (κ3) is 2.84. The molecule has 0 aliphatic carbocycles. The molecule has 0 bridgehead atoms. The molecule has 0 unspecified atom stereocenters. The molecule has 0 spiro atoms. The smallest absolute Gasteiger partial charge is 0.345 e. The molecule has 0 radical (unpaired) electrons. The molecule has 0 saturated heterocycles. The van der Waals surface area contributed by atoms with Gasteiger partial charge in [-0.25, -0.2) is 4.79 Å². The summed E-state index contributed by atoms with van der Waals surface area (Å²) in [6, 6.07) is 1.82. The van der Waals surface area contributed by atoms with Crippen LogP contribution in [0.3, 0.4) is 0 Å². The second kappa shape index (κ2) is 6.06. The van der Waals surface area contributed by atoms with E-state index in [0.717, 1.165) is 47.8 Å². The van der Waals surface area contributed by atoms with Crippen molar-refractivity contribution in [3.63, 3.8) is 0 Å². The molecule has 0 aromatic carbocycles. The number of carbonyl (C=O) groups is 1. The predicted molar refractivity (Wildman–Crippen MR) is 84.6 cm³/mol. The summed E-state index contributed by atoms with van der Waals surface area (Å²) in [7, 11) is 1.65. The minimum atomic E-state index is -0.834. The van der Waals surface area contributed by atoms with Gasteiger partial charge in [-0.15, -0.1) is 11.3 Å². The number of hydrogen-bond donors (Lipinski definition) is 1. The van der Waals surface area contributed by atoms with Crippen molar-refractivity contribution in [1.29, 1.82) is 0 Å². The van der Waals surface area contributed by atoms with Gasteiger partial charge in [0.1, 0.15) is 10.6 Å². The standard InChI is InChI=1S/C16H18N2O3S/c1-10-12(6-17-7-13(10)21-2)8-18-4-3-11-5-14(16(19)20)22-15(11)9-18/h5-7H,3-4,8-9H2,1-2H3,(H,19,20). The van der Waals surface area contributed by atoms with E-state index < -0.39 is 5.97 Å². The minimum absolute atomic E-state index is 0.436. The van der Waals surface area contributed by atoms with Crippen LogP contribution < -0.4 is 4.74 Å². The van der Waals surface area contributed by atoms with E-state index in [1.165, 1.54) is 16.9 Å². The van der Waals surface area contributed by atoms with Gasteiger partial charge in [0.2, 0.25) is 0 Å². The first-order chi connectivity index (χ1) is 10.6. The normalized spacial score (nSPS) is 14.6. The zero-order valence-corrected chi connectivity index (χ0v) is 13.4. The lowest BCUT2D eigenvalue weighted by Crippen LogP contribution is -2.29. The van der Waals surface area contributed by atoms with Gasteiger partial charge in [-0.05, 0) is 36.1 Å². The molecular formula is C16H18N2O3S. The Hall–Kier alpha value is -1.92. The number of ether oxygens (including phenoxy) is 1. The fourth-order valence-corrected chi connectivity index (χ4v) is 3.86. The number of nitrogens with zero attached hydrogens (tertiary/aromatic N) is 2. The van der Waals surface area contributed by atoms with Gasteiger partial charge in [-0.2, -0.15) is 0 Å². The van der Waals surface area contributed by atoms with Gasteiger partial charge in [-0.1, -0.05) is 0 Å². The Bertz CT molecular complexity index is 711. The Labute approximate surface area is 133 Å². The van der Waals surface area contributed by atoms with Gasteiger partial charge in [-0.3, -0.25) is 9.88 Å². The van der Waals surface area contributed by atoms with Crippen LogP contribution in [0.4, 0.5) is 0 Å². The van der Waals surface area contributed by atoms with E-state index in [9.17, 15) is 4.79 Å². The highest BCUT2D eigenvalue weighted by molar-refractivity contribution is 7.14. The van der Waals surface area contributed by atoms with E-state index in [-0.39, 0.29) is 0 Å². The van der Waals surface area contributed by atoms with Crippen molar-refractivity contribution in [2.24, 2.45) is 0 Å². The first-order valence-electron chi connectivity index (χ1n) is 7.13. The Balaban J connectivity index is 1.76. The topological polar surface area (TPSA) is 62.7 Å². The summed E-state index contributed by atoms with van der Waals surface area (Å²) in [6.45, 7) is 4.57. The molecule has 0 atom stereocenters. The second-order valence-corrected chi connectivity index (χ2v) is 6.59. The van der Waals surface area contributed by atoms with Gasteiger partial charge >= 0.3 is 5.97 Å². The first-order valence-corrected chi connectivity index (χ1v) is 7.95. The van der Waals surface area contributed by atoms with Crippen LogP contribution in [-0.2, 0) is 19.5 Å². The van der Waals surface area contributed by atoms with Crippen LogP contribution in [0, 0.1) is 6.92 Å². The second-order valence-electron chi connectivity index (χ2n) is 5.45. The van der Waals surface area contributed by atoms with Crippen molar-refractivity contribution in [2.45, 2.75) is 26.4 Å². The predicted octanol–water partition coefficient (Wildman–Crippen LogP) is 2.72. The summed E-state index contributed by atoms with van der Waals surface area (Å²) in [5.74, 6) is -0.0294. The number of carboxylic acid groups (broad SMARTS) is 1. The third-order valence-corrected chi connectivity index (χ3v) is 5.21. The summed E-state index contributed by atoms with van der Waals surface area (Å²) in [6.07, 6.45) is 4.51. The Morgan fingerprint density at radius 2 is 2.32 bits per heavy atom. The van der Waals surface area contributed by atoms with Crippen molar-refractivity contribution in [3.05, 3.63) is 44.9 Å². The van der Waals surface area contributed by atoms with Gasteiger partial charge in [0, 0.05) is 30.7 Å². The number of thiophene rings is 1. The van der Waals surface area contributed by atoms with Crippen molar-refractivity contribution in [3.8, 4) is 5.75 Å². The van der Waals surface area contributed by atoms with Crippen LogP contribution >= 0.6 is 11.3 Å². The van der Waals surface area contributed by atoms with Gasteiger partial charge < -0.3 is 9.84 Å². The average molecular weight is 318 g/mol. The molecule has 2 aromatic heterocycles. The molecule has 22 heavy (non-hydrogen) atoms. The minimum Gasteiger partial charge on any atom is -0.495 e. The fraction of sp³-hybridized carbons (Fsp3) is 0.375. The molecule has 0 saturated carbocycles. The summed E-state index contributed by atoms with van der Waals surface area (Å²) in [4.78, 5) is 19.2. The quantitative estimate of drug-likeness (QED) is 0.939. The highest BCUT2D eigenvalue weighted by Gasteiger charge is 2.22. The van der Waals surface area contributed by atoms with Gasteiger partial charge in [0.25, 0.3) is 0 Å². The fourth-order valence-electron chi connectivity index (χ4n) is 2.77. The molecule has 2 aromatic rings. The summed E-state index contributed by atoms with van der Waals surface area (Å²) < 4.78 is 5.32. The van der Waals surface area contributed by atoms with Crippen molar-refractivity contribution < 1.29 is 14.6 Å². The van der Waals surface area contributed by atoms with Crippen LogP contribution in [-0.4, -0.2) is 34.6 Å². The zero-order chi connectivity index (χ0) is 15.7. The largest absolute Gasteiger partial charge is 0.495 e. The maximum atomic E-state index is 11.1. The molecular weight excluding hydrogens is 300 g/mol. The van der Waals surface area contributed by atoms with E-state index in [1.807, 2.05) is 19.2 Å². The Kier molecular flexibility index (Phi) is 4.13. The van der Waals surface area contributed by atoms with Gasteiger partial charge in [0.15, 0.2) is 0 Å². The lowest BCUT2D eigenvalue weighted by molar-refractivity contribution is 0.0702. The lowest BCUT2D eigenvalue weighted by atomic mass is 10.1. The molecule has 5 nitrogen and oxygen atoms in total. The number of aromatic carboxylic acids is 1. The van der Waals surface area contributed by atoms with E-state index in [4.69, 9.17) is 9.84 Å². The molecule has 0 amide bonds. The monoisotopic (exact) mass is 318 g/mol. The number of pyridine rings is 1. The average Bonchev–Trinajstić information content (AvgIpc) is 2.93. The molecule has 1 aliphatic heterocycles. The molecule has 3 heterocycles. The summed E-state index contributed by atoms with van der Waals surface area (Å²) >= 11 is 1.39. The van der Waals surface area contributed by atoms with Crippen molar-refractivity contribution in [1.82, 2.24) is 9.88 Å².